The van der Waals surface area contributed by atoms with Crippen molar-refractivity contribution in [2.24, 2.45) is 0 Å². The smallest absolute Gasteiger partial charge is 0.300 e. The van der Waals surface area contributed by atoms with Gasteiger partial charge in [-0.3, -0.25) is 14.5 Å². The number of hydrogen-bond acceptors (Lipinski definition) is 6. The Hall–Kier alpha value is -3.58. The van der Waals surface area contributed by atoms with Gasteiger partial charge >= 0.3 is 0 Å². The van der Waals surface area contributed by atoms with Gasteiger partial charge in [-0.2, -0.15) is 0 Å². The van der Waals surface area contributed by atoms with Crippen LogP contribution in [0.4, 0.5) is 5.69 Å². The van der Waals surface area contributed by atoms with Crippen LogP contribution < -0.4 is 14.4 Å². The third-order valence-corrected chi connectivity index (χ3v) is 6.79. The van der Waals surface area contributed by atoms with Gasteiger partial charge in [0.1, 0.15) is 23.3 Å². The highest BCUT2D eigenvalue weighted by molar-refractivity contribution is 7.10. The number of ketones is 1. The van der Waals surface area contributed by atoms with E-state index in [-0.39, 0.29) is 17.3 Å². The molecule has 0 spiro atoms. The summed E-state index contributed by atoms with van der Waals surface area (Å²) >= 11 is 1.43. The number of Topliss-reactive ketones (excluding diaryl/α,β-unsaturated/α-hetero) is 1. The van der Waals surface area contributed by atoms with Crippen LogP contribution in [0.1, 0.15) is 55.7 Å². The van der Waals surface area contributed by atoms with E-state index in [9.17, 15) is 14.7 Å². The molecule has 0 saturated carbocycles. The maximum Gasteiger partial charge on any atom is 0.300 e. The molecule has 2 heterocycles. The third-order valence-electron chi connectivity index (χ3n) is 5.87. The lowest BCUT2D eigenvalue weighted by atomic mass is 9.95. The fourth-order valence-electron chi connectivity index (χ4n) is 4.29. The van der Waals surface area contributed by atoms with Gasteiger partial charge in [-0.25, -0.2) is 0 Å². The molecule has 1 saturated heterocycles. The minimum Gasteiger partial charge on any atom is -0.507 e. The number of amides is 1. The van der Waals surface area contributed by atoms with Crippen LogP contribution in [0.5, 0.6) is 11.5 Å². The number of anilines is 1. The first kappa shape index (κ1) is 24.5. The number of benzene rings is 2. The molecule has 0 bridgehead atoms. The molecule has 0 radical (unpaired) electrons. The molecule has 1 amide bonds. The van der Waals surface area contributed by atoms with Crippen molar-refractivity contribution in [2.45, 2.75) is 39.7 Å². The SMILES string of the molecule is CCOc1cccc(N2C(=O)C(=O)/C(=C(\O)c3ccc(OCC)c(C(C)C)c3)C2c2cccs2)c1. The number of carbonyl (C=O) groups excluding carboxylic acids is 2. The zero-order valence-electron chi connectivity index (χ0n) is 20.3. The highest BCUT2D eigenvalue weighted by atomic mass is 32.1. The molecule has 1 fully saturated rings. The summed E-state index contributed by atoms with van der Waals surface area (Å²) in [5, 5.41) is 13.3. The predicted octanol–water partition coefficient (Wildman–Crippen LogP) is 6.30. The van der Waals surface area contributed by atoms with Gasteiger partial charge in [-0.05, 0) is 67.1 Å². The number of ether oxygens (including phenoxy) is 2. The van der Waals surface area contributed by atoms with E-state index in [0.29, 0.717) is 30.2 Å². The Morgan fingerprint density at radius 1 is 1.03 bits per heavy atom. The van der Waals surface area contributed by atoms with E-state index in [0.717, 1.165) is 16.2 Å². The molecule has 3 aromatic rings. The molecular weight excluding hydrogens is 462 g/mol. The van der Waals surface area contributed by atoms with Crippen molar-refractivity contribution < 1.29 is 24.2 Å². The zero-order chi connectivity index (χ0) is 25.1. The Labute approximate surface area is 209 Å². The van der Waals surface area contributed by atoms with E-state index < -0.39 is 17.7 Å². The summed E-state index contributed by atoms with van der Waals surface area (Å²) in [5.41, 5.74) is 1.99. The van der Waals surface area contributed by atoms with E-state index >= 15 is 0 Å². The summed E-state index contributed by atoms with van der Waals surface area (Å²) in [5.74, 6) is -0.125. The fourth-order valence-corrected chi connectivity index (χ4v) is 5.12. The van der Waals surface area contributed by atoms with Crippen molar-refractivity contribution in [3.05, 3.63) is 81.6 Å². The van der Waals surface area contributed by atoms with E-state index in [2.05, 4.69) is 0 Å². The Kier molecular flexibility index (Phi) is 7.26. The van der Waals surface area contributed by atoms with E-state index in [4.69, 9.17) is 9.47 Å². The molecule has 2 aromatic carbocycles. The minimum absolute atomic E-state index is 0.0677. The second-order valence-corrected chi connectivity index (χ2v) is 9.43. The molecule has 7 heteroatoms. The van der Waals surface area contributed by atoms with Crippen molar-refractivity contribution in [3.8, 4) is 11.5 Å². The van der Waals surface area contributed by atoms with Crippen LogP contribution in [0.3, 0.4) is 0 Å². The Morgan fingerprint density at radius 2 is 1.80 bits per heavy atom. The number of aliphatic hydroxyl groups is 1. The van der Waals surface area contributed by atoms with Crippen molar-refractivity contribution in [1.82, 2.24) is 0 Å². The maximum absolute atomic E-state index is 13.3. The number of nitrogens with zero attached hydrogens (tertiary/aromatic N) is 1. The molecule has 1 aliphatic heterocycles. The van der Waals surface area contributed by atoms with Gasteiger partial charge in [0.05, 0.1) is 18.8 Å². The lowest BCUT2D eigenvalue weighted by molar-refractivity contribution is -0.132. The normalized spacial score (nSPS) is 17.3. The number of carbonyl (C=O) groups is 2. The zero-order valence-corrected chi connectivity index (χ0v) is 21.1. The first-order chi connectivity index (χ1) is 16.9. The topological polar surface area (TPSA) is 76.1 Å². The van der Waals surface area contributed by atoms with Gasteiger partial charge < -0.3 is 14.6 Å². The van der Waals surface area contributed by atoms with Crippen LogP contribution in [-0.2, 0) is 9.59 Å². The molecule has 6 nitrogen and oxygen atoms in total. The molecule has 4 rings (SSSR count). The highest BCUT2D eigenvalue weighted by Gasteiger charge is 2.47. The van der Waals surface area contributed by atoms with Gasteiger partial charge in [0.15, 0.2) is 0 Å². The van der Waals surface area contributed by atoms with Gasteiger partial charge in [-0.1, -0.05) is 26.0 Å². The summed E-state index contributed by atoms with van der Waals surface area (Å²) in [6, 6.07) is 15.4. The van der Waals surface area contributed by atoms with Crippen molar-refractivity contribution in [1.29, 1.82) is 0 Å². The second kappa shape index (κ2) is 10.4. The number of aliphatic hydroxyl groups excluding tert-OH is 1. The van der Waals surface area contributed by atoms with Crippen LogP contribution >= 0.6 is 11.3 Å². The van der Waals surface area contributed by atoms with Crippen LogP contribution in [0.15, 0.2) is 65.6 Å². The Balaban J connectivity index is 1.88. The third kappa shape index (κ3) is 4.68. The summed E-state index contributed by atoms with van der Waals surface area (Å²) < 4.78 is 11.4. The number of thiophene rings is 1. The van der Waals surface area contributed by atoms with E-state index in [1.54, 1.807) is 36.4 Å². The molecule has 1 aromatic heterocycles. The van der Waals surface area contributed by atoms with E-state index in [1.807, 2.05) is 51.3 Å². The molecule has 0 aliphatic carbocycles. The molecular formula is C28H29NO5S. The highest BCUT2D eigenvalue weighted by Crippen LogP contribution is 2.44. The predicted molar refractivity (Wildman–Crippen MR) is 138 cm³/mol. The Bertz CT molecular complexity index is 1260. The molecule has 182 valence electrons. The average Bonchev–Trinajstić information content (AvgIpc) is 3.46. The fraction of sp³-hybridized carbons (Fsp3) is 0.286. The summed E-state index contributed by atoms with van der Waals surface area (Å²) in [7, 11) is 0. The van der Waals surface area contributed by atoms with Gasteiger partial charge in [0, 0.05) is 22.2 Å². The lowest BCUT2D eigenvalue weighted by Crippen LogP contribution is -2.29. The van der Waals surface area contributed by atoms with Crippen molar-refractivity contribution in [2.75, 3.05) is 18.1 Å². The standard InChI is InChI=1S/C28H29NO5S/c1-5-33-20-10-7-9-19(16-20)29-25(23-11-8-14-35-23)24(27(31)28(29)32)26(30)18-12-13-22(34-6-2)21(15-18)17(3)4/h7-17,25,30H,5-6H2,1-4H3/b26-24-. The quantitative estimate of drug-likeness (QED) is 0.227. The average molecular weight is 492 g/mol. The van der Waals surface area contributed by atoms with Crippen molar-refractivity contribution in [3.63, 3.8) is 0 Å². The van der Waals surface area contributed by atoms with E-state index in [1.165, 1.54) is 16.2 Å². The van der Waals surface area contributed by atoms with Gasteiger partial charge in [0.25, 0.3) is 11.7 Å². The maximum atomic E-state index is 13.3. The summed E-state index contributed by atoms with van der Waals surface area (Å²) in [4.78, 5) is 28.9. The summed E-state index contributed by atoms with van der Waals surface area (Å²) in [6.07, 6.45) is 0. The van der Waals surface area contributed by atoms with Gasteiger partial charge in [-0.15, -0.1) is 11.3 Å². The minimum atomic E-state index is -0.749. The molecule has 1 aliphatic rings. The second-order valence-electron chi connectivity index (χ2n) is 8.46. The largest absolute Gasteiger partial charge is 0.507 e. The monoisotopic (exact) mass is 491 g/mol. The van der Waals surface area contributed by atoms with Crippen LogP contribution in [0.2, 0.25) is 0 Å². The van der Waals surface area contributed by atoms with Crippen LogP contribution in [0.25, 0.3) is 5.76 Å². The van der Waals surface area contributed by atoms with Crippen LogP contribution in [-0.4, -0.2) is 30.0 Å². The number of hydrogen-bond donors (Lipinski definition) is 1. The first-order valence-electron chi connectivity index (χ1n) is 11.7. The first-order valence-corrected chi connectivity index (χ1v) is 12.6. The molecule has 35 heavy (non-hydrogen) atoms. The molecule has 1 unspecified atom stereocenters. The Morgan fingerprint density at radius 3 is 2.46 bits per heavy atom. The van der Waals surface area contributed by atoms with Crippen LogP contribution in [0, 0.1) is 0 Å². The molecule has 1 atom stereocenters. The van der Waals surface area contributed by atoms with Crippen molar-refractivity contribution >= 4 is 34.5 Å². The number of rotatable bonds is 8. The lowest BCUT2D eigenvalue weighted by Gasteiger charge is -2.24. The molecule has 1 N–H and O–H groups in total. The summed E-state index contributed by atoms with van der Waals surface area (Å²) in [6.45, 7) is 8.88. The van der Waals surface area contributed by atoms with Gasteiger partial charge in [0.2, 0.25) is 0 Å².